The van der Waals surface area contributed by atoms with E-state index in [-0.39, 0.29) is 18.1 Å². The molecule has 0 saturated heterocycles. The number of nitrogens with zero attached hydrogens (tertiary/aromatic N) is 3. The van der Waals surface area contributed by atoms with Crippen molar-refractivity contribution < 1.29 is 12.8 Å². The van der Waals surface area contributed by atoms with Gasteiger partial charge in [-0.25, -0.2) is 17.5 Å². The number of rotatable bonds is 2. The Balaban J connectivity index is 1.77. The lowest BCUT2D eigenvalue weighted by molar-refractivity contribution is 0.570. The minimum absolute atomic E-state index is 0.0515. The molecule has 0 aliphatic carbocycles. The standard InChI is InChI=1S/C16H13FN4O2S/c17-14-10-12(6-7-13(14)11-4-2-1-3-5-11)15-16-19-24(22,23)9-8-21(16)20-18-15/h1-7,10,19H,8-9H2. The summed E-state index contributed by atoms with van der Waals surface area (Å²) >= 11 is 0. The number of hydrogen-bond donors (Lipinski definition) is 1. The molecule has 0 fully saturated rings. The number of aryl methyl sites for hydroxylation is 1. The third kappa shape index (κ3) is 2.54. The van der Waals surface area contributed by atoms with Crippen LogP contribution in [0, 0.1) is 5.82 Å². The molecule has 0 saturated carbocycles. The van der Waals surface area contributed by atoms with Crippen LogP contribution in [0.25, 0.3) is 22.4 Å². The maximum absolute atomic E-state index is 14.5. The molecule has 4 rings (SSSR count). The van der Waals surface area contributed by atoms with Crippen molar-refractivity contribution in [3.05, 3.63) is 54.3 Å². The van der Waals surface area contributed by atoms with Gasteiger partial charge in [0.15, 0.2) is 5.82 Å². The Hall–Kier alpha value is -2.74. The quantitative estimate of drug-likeness (QED) is 0.775. The predicted octanol–water partition coefficient (Wildman–Crippen LogP) is 2.51. The van der Waals surface area contributed by atoms with Crippen LogP contribution in [-0.4, -0.2) is 29.2 Å². The normalized spacial score (nSPS) is 15.5. The zero-order valence-electron chi connectivity index (χ0n) is 12.5. The van der Waals surface area contributed by atoms with Gasteiger partial charge in [0, 0.05) is 11.1 Å². The Morgan fingerprint density at radius 3 is 2.62 bits per heavy atom. The summed E-state index contributed by atoms with van der Waals surface area (Å²) in [6.45, 7) is 0.224. The largest absolute Gasteiger partial charge is 0.266 e. The van der Waals surface area contributed by atoms with Gasteiger partial charge in [0.25, 0.3) is 0 Å². The highest BCUT2D eigenvalue weighted by atomic mass is 32.2. The van der Waals surface area contributed by atoms with Crippen LogP contribution in [0.1, 0.15) is 0 Å². The first-order valence-electron chi connectivity index (χ1n) is 7.33. The highest BCUT2D eigenvalue weighted by molar-refractivity contribution is 7.92. The maximum Gasteiger partial charge on any atom is 0.235 e. The van der Waals surface area contributed by atoms with Gasteiger partial charge in [-0.1, -0.05) is 47.7 Å². The summed E-state index contributed by atoms with van der Waals surface area (Å²) < 4.78 is 41.9. The van der Waals surface area contributed by atoms with E-state index in [1.165, 1.54) is 10.7 Å². The van der Waals surface area contributed by atoms with Crippen molar-refractivity contribution in [3.63, 3.8) is 0 Å². The number of hydrogen-bond acceptors (Lipinski definition) is 4. The highest BCUT2D eigenvalue weighted by Crippen LogP contribution is 2.32. The van der Waals surface area contributed by atoms with Crippen molar-refractivity contribution >= 4 is 15.8 Å². The number of sulfonamides is 1. The molecule has 1 aliphatic rings. The Morgan fingerprint density at radius 2 is 1.88 bits per heavy atom. The second-order valence-electron chi connectivity index (χ2n) is 5.49. The average molecular weight is 344 g/mol. The topological polar surface area (TPSA) is 76.9 Å². The molecule has 0 amide bonds. The zero-order valence-corrected chi connectivity index (χ0v) is 13.3. The first-order valence-corrected chi connectivity index (χ1v) is 8.98. The summed E-state index contributed by atoms with van der Waals surface area (Å²) in [5.74, 6) is -0.184. The molecule has 0 bridgehead atoms. The van der Waals surface area contributed by atoms with E-state index in [9.17, 15) is 12.8 Å². The van der Waals surface area contributed by atoms with Crippen molar-refractivity contribution in [2.45, 2.75) is 6.54 Å². The van der Waals surface area contributed by atoms with Crippen LogP contribution < -0.4 is 4.72 Å². The van der Waals surface area contributed by atoms with Crippen LogP contribution in [0.5, 0.6) is 0 Å². The van der Waals surface area contributed by atoms with Crippen LogP contribution in [0.3, 0.4) is 0 Å². The second kappa shape index (κ2) is 5.41. The molecule has 3 aromatic rings. The molecule has 0 radical (unpaired) electrons. The minimum atomic E-state index is -3.40. The molecule has 2 aromatic carbocycles. The smallest absolute Gasteiger partial charge is 0.235 e. The van der Waals surface area contributed by atoms with Gasteiger partial charge in [-0.3, -0.25) is 4.72 Å². The summed E-state index contributed by atoms with van der Waals surface area (Å²) in [6, 6.07) is 13.9. The lowest BCUT2D eigenvalue weighted by Crippen LogP contribution is -2.28. The van der Waals surface area contributed by atoms with Gasteiger partial charge in [0.05, 0.1) is 12.3 Å². The number of halogens is 1. The van der Waals surface area contributed by atoms with E-state index in [4.69, 9.17) is 0 Å². The number of nitrogens with one attached hydrogen (secondary N) is 1. The summed E-state index contributed by atoms with van der Waals surface area (Å²) in [6.07, 6.45) is 0. The highest BCUT2D eigenvalue weighted by Gasteiger charge is 2.26. The Kier molecular flexibility index (Phi) is 3.34. The first kappa shape index (κ1) is 14.8. The van der Waals surface area contributed by atoms with E-state index in [1.54, 1.807) is 12.1 Å². The van der Waals surface area contributed by atoms with E-state index < -0.39 is 15.8 Å². The molecule has 0 unspecified atom stereocenters. The summed E-state index contributed by atoms with van der Waals surface area (Å²) in [7, 11) is -3.40. The molecule has 0 spiro atoms. The van der Waals surface area contributed by atoms with Gasteiger partial charge in [-0.15, -0.1) is 5.10 Å². The molecule has 1 N–H and O–H groups in total. The first-order chi connectivity index (χ1) is 11.5. The maximum atomic E-state index is 14.5. The van der Waals surface area contributed by atoms with Crippen LogP contribution in [0.15, 0.2) is 48.5 Å². The second-order valence-corrected chi connectivity index (χ2v) is 7.33. The molecule has 2 heterocycles. The van der Waals surface area contributed by atoms with Crippen molar-refractivity contribution in [2.75, 3.05) is 10.5 Å². The number of fused-ring (bicyclic) bond motifs is 1. The van der Waals surface area contributed by atoms with E-state index in [0.29, 0.717) is 16.8 Å². The lowest BCUT2D eigenvalue weighted by Gasteiger charge is -2.16. The van der Waals surface area contributed by atoms with Gasteiger partial charge in [0.2, 0.25) is 10.0 Å². The van der Waals surface area contributed by atoms with E-state index >= 15 is 0 Å². The van der Waals surface area contributed by atoms with E-state index in [1.807, 2.05) is 30.3 Å². The van der Waals surface area contributed by atoms with Gasteiger partial charge in [0.1, 0.15) is 11.5 Å². The molecule has 1 aliphatic heterocycles. The average Bonchev–Trinajstić information content (AvgIpc) is 2.97. The number of aromatic nitrogens is 3. The molecule has 6 nitrogen and oxygen atoms in total. The summed E-state index contributed by atoms with van der Waals surface area (Å²) in [5, 5.41) is 7.92. The van der Waals surface area contributed by atoms with Crippen LogP contribution in [0.2, 0.25) is 0 Å². The van der Waals surface area contributed by atoms with E-state index in [2.05, 4.69) is 15.0 Å². The fourth-order valence-electron chi connectivity index (χ4n) is 2.68. The predicted molar refractivity (Wildman–Crippen MR) is 88.3 cm³/mol. The molecular formula is C16H13FN4O2S. The zero-order chi connectivity index (χ0) is 16.7. The Morgan fingerprint density at radius 1 is 1.08 bits per heavy atom. The molecular weight excluding hydrogens is 331 g/mol. The Labute approximate surface area is 138 Å². The van der Waals surface area contributed by atoms with Crippen molar-refractivity contribution in [3.8, 4) is 22.4 Å². The van der Waals surface area contributed by atoms with Crippen LogP contribution in [-0.2, 0) is 16.6 Å². The molecule has 1 aromatic heterocycles. The molecule has 8 heteroatoms. The molecule has 122 valence electrons. The lowest BCUT2D eigenvalue weighted by atomic mass is 10.0. The van der Waals surface area contributed by atoms with Crippen LogP contribution >= 0.6 is 0 Å². The van der Waals surface area contributed by atoms with Gasteiger partial charge < -0.3 is 0 Å². The van der Waals surface area contributed by atoms with Crippen molar-refractivity contribution in [2.24, 2.45) is 0 Å². The van der Waals surface area contributed by atoms with Gasteiger partial charge in [-0.2, -0.15) is 0 Å². The van der Waals surface area contributed by atoms with Crippen LogP contribution in [0.4, 0.5) is 10.2 Å². The third-order valence-electron chi connectivity index (χ3n) is 3.89. The Bertz CT molecular complexity index is 1020. The fraction of sp³-hybridized carbons (Fsp3) is 0.125. The van der Waals surface area contributed by atoms with Gasteiger partial charge in [-0.05, 0) is 11.6 Å². The van der Waals surface area contributed by atoms with Crippen molar-refractivity contribution in [1.82, 2.24) is 15.0 Å². The van der Waals surface area contributed by atoms with E-state index in [0.717, 1.165) is 5.56 Å². The molecule has 0 atom stereocenters. The SMILES string of the molecule is O=S1(=O)CCn2nnc(-c3ccc(-c4ccccc4)c(F)c3)c2N1. The minimum Gasteiger partial charge on any atom is -0.266 e. The summed E-state index contributed by atoms with van der Waals surface area (Å²) in [5.41, 5.74) is 2.03. The van der Waals surface area contributed by atoms with Crippen molar-refractivity contribution in [1.29, 1.82) is 0 Å². The summed E-state index contributed by atoms with van der Waals surface area (Å²) in [4.78, 5) is 0. The number of anilines is 1. The van der Waals surface area contributed by atoms with Gasteiger partial charge >= 0.3 is 0 Å². The third-order valence-corrected chi connectivity index (χ3v) is 5.11. The fourth-order valence-corrected chi connectivity index (χ4v) is 3.70. The monoisotopic (exact) mass is 344 g/mol. The molecule has 24 heavy (non-hydrogen) atoms. The number of benzene rings is 2.